The van der Waals surface area contributed by atoms with Gasteiger partial charge >= 0.3 is 0 Å². The van der Waals surface area contributed by atoms with E-state index in [0.717, 1.165) is 44.7 Å². The van der Waals surface area contributed by atoms with Crippen LogP contribution in [0, 0.1) is 0 Å². The summed E-state index contributed by atoms with van der Waals surface area (Å²) in [4.78, 5) is 9.43. The molecule has 1 unspecified atom stereocenters. The zero-order valence-electron chi connectivity index (χ0n) is 18.9. The molecule has 1 aliphatic rings. The average molecular weight is 426 g/mol. The number of nitrogens with two attached hydrogens (primary N) is 1. The van der Waals surface area contributed by atoms with Gasteiger partial charge in [0.1, 0.15) is 0 Å². The topological polar surface area (TPSA) is 75.4 Å². The van der Waals surface area contributed by atoms with E-state index < -0.39 is 0 Å². The molecule has 7 nitrogen and oxygen atoms in total. The highest BCUT2D eigenvalue weighted by Crippen LogP contribution is 2.28. The first-order valence-electron chi connectivity index (χ1n) is 10.8. The van der Waals surface area contributed by atoms with Crippen molar-refractivity contribution < 1.29 is 9.47 Å². The number of likely N-dealkylation sites (N-methyl/N-ethyl adjacent to an activating group) is 1. The molecule has 31 heavy (non-hydrogen) atoms. The van der Waals surface area contributed by atoms with E-state index in [9.17, 15) is 0 Å². The maximum absolute atomic E-state index is 6.07. The molecule has 0 bridgehead atoms. The summed E-state index contributed by atoms with van der Waals surface area (Å²) in [6, 6.07) is 17.0. The normalized spacial score (nSPS) is 18.0. The summed E-state index contributed by atoms with van der Waals surface area (Å²) in [5.41, 5.74) is 8.47. The number of benzene rings is 2. The van der Waals surface area contributed by atoms with Crippen LogP contribution in [0.4, 0.5) is 0 Å². The summed E-state index contributed by atoms with van der Waals surface area (Å²) in [6.07, 6.45) is 1.01. The Balaban J connectivity index is 1.46. The van der Waals surface area contributed by atoms with Gasteiger partial charge in [0.15, 0.2) is 17.5 Å². The minimum Gasteiger partial charge on any atom is -0.493 e. The number of piperazine rings is 1. The van der Waals surface area contributed by atoms with Crippen LogP contribution in [-0.2, 0) is 6.54 Å². The average Bonchev–Trinajstić information content (AvgIpc) is 2.81. The van der Waals surface area contributed by atoms with E-state index in [4.69, 9.17) is 15.2 Å². The molecule has 0 spiro atoms. The second-order valence-corrected chi connectivity index (χ2v) is 7.90. The molecule has 7 heteroatoms. The van der Waals surface area contributed by atoms with Gasteiger partial charge in [-0.05, 0) is 36.7 Å². The fourth-order valence-corrected chi connectivity index (χ4v) is 3.93. The molecule has 3 N–H and O–H groups in total. The lowest BCUT2D eigenvalue weighted by Gasteiger charge is -2.40. The van der Waals surface area contributed by atoms with Gasteiger partial charge in [-0.15, -0.1) is 0 Å². The second kappa shape index (κ2) is 11.6. The number of ether oxygens (including phenoxy) is 2. The maximum Gasteiger partial charge on any atom is 0.188 e. The van der Waals surface area contributed by atoms with Gasteiger partial charge < -0.3 is 25.4 Å². The Morgan fingerprint density at radius 3 is 2.61 bits per heavy atom. The Labute approximate surface area is 185 Å². The zero-order chi connectivity index (χ0) is 22.1. The van der Waals surface area contributed by atoms with Crippen molar-refractivity contribution in [1.82, 2.24) is 15.1 Å². The molecule has 1 saturated heterocycles. The standard InChI is InChI=1S/C24H35N5O2/c1-28-14-15-29(21(18-28)20-8-5-4-6-9-20)13-7-12-26-24(25)27-17-19-10-11-22(30-2)23(16-19)31-3/h4-6,8-11,16,21H,7,12-15,17-18H2,1-3H3,(H3,25,26,27). The summed E-state index contributed by atoms with van der Waals surface area (Å²) < 4.78 is 10.6. The van der Waals surface area contributed by atoms with Crippen LogP contribution in [0.5, 0.6) is 11.5 Å². The molecule has 0 aliphatic carbocycles. The molecule has 1 fully saturated rings. The van der Waals surface area contributed by atoms with Crippen molar-refractivity contribution in [1.29, 1.82) is 0 Å². The molecule has 0 aromatic heterocycles. The minimum atomic E-state index is 0.441. The van der Waals surface area contributed by atoms with E-state index in [0.29, 0.717) is 30.0 Å². The third kappa shape index (κ3) is 6.60. The lowest BCUT2D eigenvalue weighted by atomic mass is 10.0. The number of hydrogen-bond acceptors (Lipinski definition) is 5. The Hall–Kier alpha value is -2.77. The van der Waals surface area contributed by atoms with Gasteiger partial charge in [0.05, 0.1) is 20.8 Å². The van der Waals surface area contributed by atoms with E-state index >= 15 is 0 Å². The van der Waals surface area contributed by atoms with Crippen LogP contribution in [0.3, 0.4) is 0 Å². The van der Waals surface area contributed by atoms with Gasteiger partial charge in [-0.3, -0.25) is 4.90 Å². The molecule has 2 aromatic carbocycles. The van der Waals surface area contributed by atoms with Gasteiger partial charge in [0, 0.05) is 38.8 Å². The van der Waals surface area contributed by atoms with Crippen molar-refractivity contribution in [3.8, 4) is 11.5 Å². The molecule has 1 heterocycles. The number of aliphatic imine (C=N–C) groups is 1. The first-order chi connectivity index (χ1) is 15.1. The van der Waals surface area contributed by atoms with Crippen LogP contribution in [0.25, 0.3) is 0 Å². The highest BCUT2D eigenvalue weighted by molar-refractivity contribution is 5.77. The number of hydrogen-bond donors (Lipinski definition) is 2. The Morgan fingerprint density at radius 2 is 1.87 bits per heavy atom. The van der Waals surface area contributed by atoms with Crippen molar-refractivity contribution in [3.05, 3.63) is 59.7 Å². The Morgan fingerprint density at radius 1 is 1.10 bits per heavy atom. The predicted octanol–water partition coefficient (Wildman–Crippen LogP) is 2.49. The Bertz CT molecular complexity index is 843. The first kappa shape index (κ1) is 22.9. The van der Waals surface area contributed by atoms with Crippen LogP contribution in [-0.4, -0.2) is 69.8 Å². The third-order valence-corrected chi connectivity index (χ3v) is 5.69. The quantitative estimate of drug-likeness (QED) is 0.365. The van der Waals surface area contributed by atoms with E-state index in [1.54, 1.807) is 14.2 Å². The summed E-state index contributed by atoms with van der Waals surface area (Å²) in [5, 5.41) is 3.24. The molecule has 0 radical (unpaired) electrons. The number of rotatable bonds is 9. The third-order valence-electron chi connectivity index (χ3n) is 5.69. The van der Waals surface area contributed by atoms with Gasteiger partial charge in [0.2, 0.25) is 0 Å². The van der Waals surface area contributed by atoms with Crippen molar-refractivity contribution in [3.63, 3.8) is 0 Å². The van der Waals surface area contributed by atoms with Crippen LogP contribution in [0.2, 0.25) is 0 Å². The van der Waals surface area contributed by atoms with Crippen LogP contribution in [0.1, 0.15) is 23.6 Å². The lowest BCUT2D eigenvalue weighted by Crippen LogP contribution is -2.47. The van der Waals surface area contributed by atoms with Crippen LogP contribution < -0.4 is 20.5 Å². The number of nitrogens with one attached hydrogen (secondary N) is 1. The summed E-state index contributed by atoms with van der Waals surface area (Å²) in [5.74, 6) is 1.87. The molecule has 3 rings (SSSR count). The summed E-state index contributed by atoms with van der Waals surface area (Å²) in [7, 11) is 5.45. The molecule has 0 saturated carbocycles. The van der Waals surface area contributed by atoms with E-state index in [2.05, 4.69) is 57.5 Å². The predicted molar refractivity (Wildman–Crippen MR) is 126 cm³/mol. The van der Waals surface area contributed by atoms with E-state index in [1.807, 2.05) is 18.2 Å². The molecular weight excluding hydrogens is 390 g/mol. The minimum absolute atomic E-state index is 0.441. The molecule has 1 atom stereocenters. The number of guanidine groups is 1. The number of methoxy groups -OCH3 is 2. The SMILES string of the molecule is COc1ccc(CN=C(N)NCCCN2CCN(C)CC2c2ccccc2)cc1OC. The molecule has 2 aromatic rings. The lowest BCUT2D eigenvalue weighted by molar-refractivity contribution is 0.0891. The van der Waals surface area contributed by atoms with Gasteiger partial charge in [-0.25, -0.2) is 4.99 Å². The van der Waals surface area contributed by atoms with Crippen molar-refractivity contribution in [2.24, 2.45) is 10.7 Å². The molecular formula is C24H35N5O2. The molecule has 1 aliphatic heterocycles. The zero-order valence-corrected chi connectivity index (χ0v) is 18.9. The van der Waals surface area contributed by atoms with Crippen molar-refractivity contribution >= 4 is 5.96 Å². The molecule has 168 valence electrons. The Kier molecular flexibility index (Phi) is 8.55. The van der Waals surface area contributed by atoms with Gasteiger partial charge in [0.25, 0.3) is 0 Å². The highest BCUT2D eigenvalue weighted by Gasteiger charge is 2.25. The molecule has 0 amide bonds. The van der Waals surface area contributed by atoms with Gasteiger partial charge in [-0.2, -0.15) is 0 Å². The second-order valence-electron chi connectivity index (χ2n) is 7.90. The fraction of sp³-hybridized carbons (Fsp3) is 0.458. The van der Waals surface area contributed by atoms with E-state index in [-0.39, 0.29) is 0 Å². The van der Waals surface area contributed by atoms with Crippen molar-refractivity contribution in [2.75, 3.05) is 54.0 Å². The van der Waals surface area contributed by atoms with Crippen LogP contribution >= 0.6 is 0 Å². The first-order valence-corrected chi connectivity index (χ1v) is 10.8. The smallest absolute Gasteiger partial charge is 0.188 e. The summed E-state index contributed by atoms with van der Waals surface area (Å²) in [6.45, 7) is 5.57. The number of nitrogens with zero attached hydrogens (tertiary/aromatic N) is 3. The highest BCUT2D eigenvalue weighted by atomic mass is 16.5. The monoisotopic (exact) mass is 425 g/mol. The van der Waals surface area contributed by atoms with Gasteiger partial charge in [-0.1, -0.05) is 36.4 Å². The van der Waals surface area contributed by atoms with E-state index in [1.165, 1.54) is 5.56 Å². The van der Waals surface area contributed by atoms with Crippen molar-refractivity contribution in [2.45, 2.75) is 19.0 Å². The summed E-state index contributed by atoms with van der Waals surface area (Å²) >= 11 is 0. The fourth-order valence-electron chi connectivity index (χ4n) is 3.93. The maximum atomic E-state index is 6.07. The van der Waals surface area contributed by atoms with Crippen LogP contribution in [0.15, 0.2) is 53.5 Å². The largest absolute Gasteiger partial charge is 0.493 e.